The average Bonchev–Trinajstić information content (AvgIpc) is 3.20. The maximum atomic E-state index is 12.6. The van der Waals surface area contributed by atoms with E-state index in [1.165, 1.54) is 0 Å². The Morgan fingerprint density at radius 1 is 1.03 bits per heavy atom. The number of halogens is 2. The second kappa shape index (κ2) is 9.71. The Morgan fingerprint density at radius 3 is 2.52 bits per heavy atom. The number of nitrogens with zero attached hydrogens (tertiary/aromatic N) is 4. The molecule has 0 spiro atoms. The Labute approximate surface area is 181 Å². The molecular weight excluding hydrogens is 422 g/mol. The summed E-state index contributed by atoms with van der Waals surface area (Å²) in [5, 5.41) is 20.6. The van der Waals surface area contributed by atoms with Crippen LogP contribution in [0.4, 0.5) is 26.2 Å². The summed E-state index contributed by atoms with van der Waals surface area (Å²) >= 11 is 0.500. The lowest BCUT2D eigenvalue weighted by Crippen LogP contribution is -2.09. The van der Waals surface area contributed by atoms with Crippen molar-refractivity contribution in [3.63, 3.8) is 0 Å². The monoisotopic (exact) mass is 442 g/mol. The highest BCUT2D eigenvalue weighted by Crippen LogP contribution is 2.29. The molecule has 2 aromatic heterocycles. The number of para-hydroxylation sites is 1. The number of benzene rings is 2. The Hall–Kier alpha value is -3.24. The maximum Gasteiger partial charge on any atom is 0.288 e. The van der Waals surface area contributed by atoms with Crippen LogP contribution in [0.3, 0.4) is 0 Å². The Morgan fingerprint density at radius 2 is 1.81 bits per heavy atom. The molecule has 0 fully saturated rings. The number of rotatable bonds is 9. The van der Waals surface area contributed by atoms with Gasteiger partial charge in [0, 0.05) is 23.7 Å². The first kappa shape index (κ1) is 21.0. The molecular formula is C21H20F2N6OS. The van der Waals surface area contributed by atoms with Gasteiger partial charge in [-0.15, -0.1) is 0 Å². The third-order valence-corrected chi connectivity index (χ3v) is 5.11. The number of hydrogen-bond acceptors (Lipinski definition) is 7. The molecule has 0 saturated heterocycles. The molecule has 0 radical (unpaired) electrons. The van der Waals surface area contributed by atoms with E-state index in [4.69, 9.17) is 5.11 Å². The van der Waals surface area contributed by atoms with Gasteiger partial charge in [-0.25, -0.2) is 4.68 Å². The van der Waals surface area contributed by atoms with Gasteiger partial charge in [0.2, 0.25) is 5.95 Å². The van der Waals surface area contributed by atoms with Crippen LogP contribution in [0, 0.1) is 0 Å². The molecule has 0 bridgehead atoms. The highest BCUT2D eigenvalue weighted by Gasteiger charge is 2.15. The highest BCUT2D eigenvalue weighted by molar-refractivity contribution is 7.99. The zero-order valence-electron chi connectivity index (χ0n) is 16.4. The van der Waals surface area contributed by atoms with Gasteiger partial charge in [0.25, 0.3) is 5.76 Å². The van der Waals surface area contributed by atoms with Gasteiger partial charge in [-0.1, -0.05) is 30.0 Å². The van der Waals surface area contributed by atoms with E-state index in [2.05, 4.69) is 25.7 Å². The van der Waals surface area contributed by atoms with Gasteiger partial charge in [-0.2, -0.15) is 23.8 Å². The van der Waals surface area contributed by atoms with Crippen LogP contribution in [0.15, 0.2) is 65.7 Å². The molecule has 2 aromatic carbocycles. The van der Waals surface area contributed by atoms with E-state index in [1.807, 2.05) is 30.3 Å². The summed E-state index contributed by atoms with van der Waals surface area (Å²) in [5.41, 5.74) is 2.17. The standard InChI is InChI=1S/C21H20F2N6OS/c22-20(23)31-16-9-7-14(8-10-16)26-18-17-13-25-29(15-5-2-1-3-6-15)19(17)28-21(27-18)24-11-4-12-30/h1-3,5-10,13,20,30H,4,11-12H2,(H2,24,26,27,28). The van der Waals surface area contributed by atoms with E-state index in [0.717, 1.165) is 5.69 Å². The minimum absolute atomic E-state index is 0.0608. The number of nitrogens with one attached hydrogen (secondary N) is 2. The number of hydrogen-bond donors (Lipinski definition) is 3. The van der Waals surface area contributed by atoms with Crippen molar-refractivity contribution in [2.75, 3.05) is 23.8 Å². The molecule has 0 unspecified atom stereocenters. The molecule has 3 N–H and O–H groups in total. The molecule has 160 valence electrons. The van der Waals surface area contributed by atoms with Gasteiger partial charge in [0.05, 0.1) is 17.3 Å². The number of aliphatic hydroxyl groups is 1. The van der Waals surface area contributed by atoms with E-state index in [-0.39, 0.29) is 6.61 Å². The van der Waals surface area contributed by atoms with Crippen molar-refractivity contribution < 1.29 is 13.9 Å². The fourth-order valence-electron chi connectivity index (χ4n) is 2.98. The summed E-state index contributed by atoms with van der Waals surface area (Å²) in [6, 6.07) is 16.3. The Kier molecular flexibility index (Phi) is 6.58. The predicted octanol–water partition coefficient (Wildman–Crippen LogP) is 4.67. The number of fused-ring (bicyclic) bond motifs is 1. The van der Waals surface area contributed by atoms with Crippen molar-refractivity contribution in [1.82, 2.24) is 19.7 Å². The largest absolute Gasteiger partial charge is 0.396 e. The molecule has 2 heterocycles. The molecule has 10 heteroatoms. The summed E-state index contributed by atoms with van der Waals surface area (Å²) in [6.07, 6.45) is 2.24. The zero-order valence-corrected chi connectivity index (χ0v) is 17.2. The van der Waals surface area contributed by atoms with Crippen LogP contribution in [-0.2, 0) is 0 Å². The van der Waals surface area contributed by atoms with Crippen LogP contribution in [0.5, 0.6) is 0 Å². The summed E-state index contributed by atoms with van der Waals surface area (Å²) in [4.78, 5) is 9.64. The van der Waals surface area contributed by atoms with Crippen molar-refractivity contribution in [1.29, 1.82) is 0 Å². The molecule has 4 rings (SSSR count). The first-order valence-electron chi connectivity index (χ1n) is 9.62. The fourth-order valence-corrected chi connectivity index (χ4v) is 3.48. The fraction of sp³-hybridized carbons (Fsp3) is 0.190. The molecule has 7 nitrogen and oxygen atoms in total. The number of aromatic nitrogens is 4. The SMILES string of the molecule is OCCCNc1nc(Nc2ccc(SC(F)F)cc2)c2cnn(-c3ccccc3)c2n1. The van der Waals surface area contributed by atoms with E-state index < -0.39 is 5.76 Å². The van der Waals surface area contributed by atoms with Crippen molar-refractivity contribution in [2.45, 2.75) is 17.1 Å². The van der Waals surface area contributed by atoms with Gasteiger partial charge in [-0.05, 0) is 42.8 Å². The van der Waals surface area contributed by atoms with Crippen molar-refractivity contribution >= 4 is 40.2 Å². The van der Waals surface area contributed by atoms with Crippen molar-refractivity contribution in [3.05, 3.63) is 60.8 Å². The van der Waals surface area contributed by atoms with Crippen LogP contribution in [-0.4, -0.2) is 43.8 Å². The number of anilines is 3. The predicted molar refractivity (Wildman–Crippen MR) is 118 cm³/mol. The quantitative estimate of drug-likeness (QED) is 0.256. The minimum Gasteiger partial charge on any atom is -0.396 e. The van der Waals surface area contributed by atoms with Gasteiger partial charge in [0.15, 0.2) is 5.65 Å². The molecule has 0 aliphatic rings. The molecule has 0 saturated carbocycles. The van der Waals surface area contributed by atoms with Gasteiger partial charge in [-0.3, -0.25) is 0 Å². The maximum absolute atomic E-state index is 12.6. The normalized spacial score (nSPS) is 11.2. The number of thioether (sulfide) groups is 1. The summed E-state index contributed by atoms with van der Waals surface area (Å²) < 4.78 is 26.8. The van der Waals surface area contributed by atoms with Crippen molar-refractivity contribution in [3.8, 4) is 5.69 Å². The van der Waals surface area contributed by atoms with Gasteiger partial charge >= 0.3 is 0 Å². The number of alkyl halides is 2. The van der Waals surface area contributed by atoms with E-state index >= 15 is 0 Å². The smallest absolute Gasteiger partial charge is 0.288 e. The average molecular weight is 442 g/mol. The zero-order chi connectivity index (χ0) is 21.6. The highest BCUT2D eigenvalue weighted by atomic mass is 32.2. The van der Waals surface area contributed by atoms with Crippen LogP contribution in [0.25, 0.3) is 16.7 Å². The molecule has 0 atom stereocenters. The topological polar surface area (TPSA) is 87.9 Å². The molecule has 4 aromatic rings. The lowest BCUT2D eigenvalue weighted by Gasteiger charge is -2.11. The van der Waals surface area contributed by atoms with E-state index in [1.54, 1.807) is 35.1 Å². The lowest BCUT2D eigenvalue weighted by atomic mass is 10.3. The molecule has 0 aliphatic heterocycles. The summed E-state index contributed by atoms with van der Waals surface area (Å²) in [7, 11) is 0. The third kappa shape index (κ3) is 5.09. The molecule has 31 heavy (non-hydrogen) atoms. The van der Waals surface area contributed by atoms with Crippen LogP contribution < -0.4 is 10.6 Å². The van der Waals surface area contributed by atoms with E-state index in [9.17, 15) is 8.78 Å². The Bertz CT molecular complexity index is 1140. The molecule has 0 aliphatic carbocycles. The van der Waals surface area contributed by atoms with Crippen LogP contribution in [0.2, 0.25) is 0 Å². The van der Waals surface area contributed by atoms with E-state index in [0.29, 0.717) is 58.1 Å². The Balaban J connectivity index is 1.70. The van der Waals surface area contributed by atoms with Gasteiger partial charge < -0.3 is 15.7 Å². The third-order valence-electron chi connectivity index (χ3n) is 4.39. The van der Waals surface area contributed by atoms with Crippen molar-refractivity contribution in [2.24, 2.45) is 0 Å². The van der Waals surface area contributed by atoms with Crippen LogP contribution in [0.1, 0.15) is 6.42 Å². The number of aliphatic hydroxyl groups excluding tert-OH is 1. The summed E-state index contributed by atoms with van der Waals surface area (Å²) in [5.74, 6) is -1.53. The molecule has 0 amide bonds. The van der Waals surface area contributed by atoms with Crippen LogP contribution >= 0.6 is 11.8 Å². The first-order valence-corrected chi connectivity index (χ1v) is 10.5. The van der Waals surface area contributed by atoms with Gasteiger partial charge in [0.1, 0.15) is 5.82 Å². The second-order valence-corrected chi connectivity index (χ2v) is 7.62. The lowest BCUT2D eigenvalue weighted by molar-refractivity contribution is 0.252. The second-order valence-electron chi connectivity index (χ2n) is 6.56. The summed E-state index contributed by atoms with van der Waals surface area (Å²) in [6.45, 7) is 0.575. The minimum atomic E-state index is -2.46. The first-order chi connectivity index (χ1) is 15.1.